The molecule has 0 fully saturated rings. The number of carbonyl (C=O) groups is 2. The summed E-state index contributed by atoms with van der Waals surface area (Å²) in [5.74, 6) is 6.50. The Morgan fingerprint density at radius 2 is 1.35 bits per heavy atom. The van der Waals surface area contributed by atoms with Crippen molar-refractivity contribution in [2.24, 2.45) is 0 Å². The van der Waals surface area contributed by atoms with Crippen LogP contribution in [0.1, 0.15) is 15.9 Å². The topological polar surface area (TPSA) is 89.5 Å². The van der Waals surface area contributed by atoms with Gasteiger partial charge in [-0.2, -0.15) is 0 Å². The molecule has 0 heterocycles. The first-order chi connectivity index (χ1) is 15.0. The van der Waals surface area contributed by atoms with Gasteiger partial charge in [0, 0.05) is 17.2 Å². The average Bonchev–Trinajstić information content (AvgIpc) is 2.81. The van der Waals surface area contributed by atoms with E-state index in [1.165, 1.54) is 47.7 Å². The normalized spacial score (nSPS) is 9.84. The maximum Gasteiger partial charge on any atom is 0.231 e. The summed E-state index contributed by atoms with van der Waals surface area (Å²) in [4.78, 5) is 24.5. The van der Waals surface area contributed by atoms with E-state index in [1.54, 1.807) is 18.2 Å². The lowest BCUT2D eigenvalue weighted by Crippen LogP contribution is -2.20. The predicted molar refractivity (Wildman–Crippen MR) is 113 cm³/mol. The van der Waals surface area contributed by atoms with E-state index in [2.05, 4.69) is 11.8 Å². The van der Waals surface area contributed by atoms with Crippen molar-refractivity contribution in [2.75, 3.05) is 48.8 Å². The first-order valence-electron chi connectivity index (χ1n) is 9.14. The maximum atomic E-state index is 12.4. The van der Waals surface area contributed by atoms with E-state index >= 15 is 0 Å². The molecule has 0 aliphatic rings. The number of Topliss-reactive ketones (excluding diaryl/α,β-unsaturated/α-hetero) is 2. The van der Waals surface area contributed by atoms with Gasteiger partial charge in [0.25, 0.3) is 0 Å². The Hall–Kier alpha value is -3.70. The Balaban J connectivity index is 1.99. The number of carbonyl (C=O) groups excluding carboxylic acids is 2. The number of ether oxygens (including phenoxy) is 6. The van der Waals surface area contributed by atoms with Crippen molar-refractivity contribution in [3.63, 3.8) is 0 Å². The van der Waals surface area contributed by atoms with Gasteiger partial charge in [0.1, 0.15) is 24.7 Å². The Labute approximate surface area is 181 Å². The Bertz CT molecular complexity index is 953. The van der Waals surface area contributed by atoms with Crippen molar-refractivity contribution in [2.45, 2.75) is 0 Å². The predicted octanol–water partition coefficient (Wildman–Crippen LogP) is 2.55. The first-order valence-corrected chi connectivity index (χ1v) is 9.14. The third kappa shape index (κ3) is 6.14. The van der Waals surface area contributed by atoms with Crippen molar-refractivity contribution in [3.05, 3.63) is 41.5 Å². The smallest absolute Gasteiger partial charge is 0.231 e. The molecule has 2 aromatic carbocycles. The number of benzene rings is 2. The average molecular weight is 428 g/mol. The zero-order chi connectivity index (χ0) is 22.8. The van der Waals surface area contributed by atoms with Crippen LogP contribution >= 0.6 is 0 Å². The van der Waals surface area contributed by atoms with Crippen LogP contribution in [-0.2, 0) is 9.53 Å². The molecule has 8 heteroatoms. The van der Waals surface area contributed by atoms with E-state index in [9.17, 15) is 9.59 Å². The highest BCUT2D eigenvalue weighted by Gasteiger charge is 2.18. The molecule has 8 nitrogen and oxygen atoms in total. The Kier molecular flexibility index (Phi) is 8.73. The van der Waals surface area contributed by atoms with E-state index < -0.39 is 18.2 Å². The second-order valence-corrected chi connectivity index (χ2v) is 6.06. The first kappa shape index (κ1) is 23.6. The third-order valence-electron chi connectivity index (χ3n) is 4.17. The van der Waals surface area contributed by atoms with Crippen LogP contribution in [0.5, 0.6) is 28.7 Å². The zero-order valence-electron chi connectivity index (χ0n) is 18.1. The zero-order valence-corrected chi connectivity index (χ0v) is 18.1. The fraction of sp³-hybridized carbons (Fsp3) is 0.304. The van der Waals surface area contributed by atoms with Gasteiger partial charge in [-0.05, 0) is 24.3 Å². The second kappa shape index (κ2) is 11.5. The molecule has 0 bridgehead atoms. The molecule has 31 heavy (non-hydrogen) atoms. The molecular weight excluding hydrogens is 404 g/mol. The van der Waals surface area contributed by atoms with Gasteiger partial charge < -0.3 is 28.4 Å². The number of hydrogen-bond donors (Lipinski definition) is 0. The molecule has 2 aromatic rings. The molecule has 0 aliphatic carbocycles. The van der Waals surface area contributed by atoms with Gasteiger partial charge in [-0.1, -0.05) is 11.8 Å². The minimum Gasteiger partial charge on any atom is -0.497 e. The molecule has 0 N–H and O–H groups in total. The Morgan fingerprint density at radius 3 is 1.84 bits per heavy atom. The van der Waals surface area contributed by atoms with E-state index in [0.29, 0.717) is 34.3 Å². The summed E-state index contributed by atoms with van der Waals surface area (Å²) >= 11 is 0. The quantitative estimate of drug-likeness (QED) is 0.247. The van der Waals surface area contributed by atoms with Gasteiger partial charge in [0.2, 0.25) is 17.3 Å². The van der Waals surface area contributed by atoms with Crippen LogP contribution in [0.3, 0.4) is 0 Å². The highest BCUT2D eigenvalue weighted by Crippen LogP contribution is 2.37. The lowest BCUT2D eigenvalue weighted by molar-refractivity contribution is -0.118. The molecule has 0 amide bonds. The molecule has 2 rings (SSSR count). The van der Waals surface area contributed by atoms with Crippen LogP contribution in [0.2, 0.25) is 0 Å². The summed E-state index contributed by atoms with van der Waals surface area (Å²) in [6.07, 6.45) is 0. The van der Waals surface area contributed by atoms with Crippen LogP contribution in [0.25, 0.3) is 0 Å². The van der Waals surface area contributed by atoms with Crippen molar-refractivity contribution in [1.82, 2.24) is 0 Å². The highest BCUT2D eigenvalue weighted by molar-refractivity contribution is 6.44. The summed E-state index contributed by atoms with van der Waals surface area (Å²) in [6.45, 7) is -0.445. The number of rotatable bonds is 10. The minimum absolute atomic E-state index is 0.0445. The maximum absolute atomic E-state index is 12.4. The summed E-state index contributed by atoms with van der Waals surface area (Å²) < 4.78 is 31.3. The SMILES string of the molecule is COc1cc(OC)cc(C(=O)C(=O)COCC#Cc2cc(OC)c(OC)c(OC)c2)c1. The van der Waals surface area contributed by atoms with Gasteiger partial charge in [0.15, 0.2) is 11.5 Å². The van der Waals surface area contributed by atoms with E-state index in [-0.39, 0.29) is 12.2 Å². The number of methoxy groups -OCH3 is 5. The van der Waals surface area contributed by atoms with Crippen LogP contribution in [0.15, 0.2) is 30.3 Å². The standard InChI is InChI=1S/C23H24O8/c1-26-17-11-16(12-18(13-17)27-2)22(25)19(24)14-31-8-6-7-15-9-20(28-3)23(30-5)21(10-15)29-4/h9-13H,8,14H2,1-5H3. The summed E-state index contributed by atoms with van der Waals surface area (Å²) in [7, 11) is 7.46. The van der Waals surface area contributed by atoms with Crippen molar-refractivity contribution < 1.29 is 38.0 Å². The lowest BCUT2D eigenvalue weighted by Gasteiger charge is -2.12. The summed E-state index contributed by atoms with van der Waals surface area (Å²) in [5, 5.41) is 0. The fourth-order valence-corrected chi connectivity index (χ4v) is 2.65. The van der Waals surface area contributed by atoms with Crippen LogP contribution in [-0.4, -0.2) is 60.3 Å². The Morgan fingerprint density at radius 1 is 0.774 bits per heavy atom. The van der Waals surface area contributed by atoms with Crippen LogP contribution in [0, 0.1) is 11.8 Å². The van der Waals surface area contributed by atoms with Gasteiger partial charge in [0.05, 0.1) is 35.5 Å². The number of hydrogen-bond acceptors (Lipinski definition) is 8. The fourth-order valence-electron chi connectivity index (χ4n) is 2.65. The molecule has 164 valence electrons. The van der Waals surface area contributed by atoms with Gasteiger partial charge >= 0.3 is 0 Å². The van der Waals surface area contributed by atoms with Crippen molar-refractivity contribution >= 4 is 11.6 Å². The molecule has 0 saturated carbocycles. The van der Waals surface area contributed by atoms with Crippen molar-refractivity contribution in [1.29, 1.82) is 0 Å². The monoisotopic (exact) mass is 428 g/mol. The molecule has 0 spiro atoms. The largest absolute Gasteiger partial charge is 0.497 e. The van der Waals surface area contributed by atoms with Gasteiger partial charge in [-0.3, -0.25) is 9.59 Å². The van der Waals surface area contributed by atoms with E-state index in [1.807, 2.05) is 0 Å². The van der Waals surface area contributed by atoms with E-state index in [4.69, 9.17) is 28.4 Å². The van der Waals surface area contributed by atoms with E-state index in [0.717, 1.165) is 0 Å². The molecule has 0 saturated heterocycles. The molecule has 0 aromatic heterocycles. The third-order valence-corrected chi connectivity index (χ3v) is 4.17. The highest BCUT2D eigenvalue weighted by atomic mass is 16.5. The molecule has 0 unspecified atom stereocenters. The van der Waals surface area contributed by atoms with Crippen LogP contribution in [0.4, 0.5) is 0 Å². The molecule has 0 aliphatic heterocycles. The minimum atomic E-state index is -0.704. The second-order valence-electron chi connectivity index (χ2n) is 6.06. The summed E-state index contributed by atoms with van der Waals surface area (Å²) in [5.41, 5.74) is 0.775. The summed E-state index contributed by atoms with van der Waals surface area (Å²) in [6, 6.07) is 7.93. The van der Waals surface area contributed by atoms with Gasteiger partial charge in [-0.25, -0.2) is 0 Å². The van der Waals surface area contributed by atoms with Crippen LogP contribution < -0.4 is 23.7 Å². The van der Waals surface area contributed by atoms with Crippen molar-refractivity contribution in [3.8, 4) is 40.6 Å². The number of ketones is 2. The molecule has 0 radical (unpaired) electrons. The molecule has 0 atom stereocenters. The lowest BCUT2D eigenvalue weighted by atomic mass is 10.1. The molecular formula is C23H24O8. The van der Waals surface area contributed by atoms with Gasteiger partial charge in [-0.15, -0.1) is 0 Å².